The molecule has 3 N–H and O–H groups in total. The van der Waals surface area contributed by atoms with Gasteiger partial charge in [-0.2, -0.15) is 0 Å². The largest absolute Gasteiger partial charge is 0.292 e. The van der Waals surface area contributed by atoms with Gasteiger partial charge in [0.2, 0.25) is 0 Å². The van der Waals surface area contributed by atoms with Crippen LogP contribution in [0, 0.1) is 10.5 Å². The Morgan fingerprint density at radius 1 is 1.73 bits per heavy atom. The maximum Gasteiger partial charge on any atom is 0.267 e. The highest BCUT2D eigenvalue weighted by atomic mass is 127. The number of carbonyl (C=O) groups is 1. The van der Waals surface area contributed by atoms with Gasteiger partial charge in [0.15, 0.2) is 0 Å². The van der Waals surface area contributed by atoms with Gasteiger partial charge in [0.25, 0.3) is 11.5 Å². The molecule has 0 bridgehead atoms. The molecule has 7 heteroatoms. The lowest BCUT2D eigenvalue weighted by molar-refractivity contribution is -0.124. The van der Waals surface area contributed by atoms with Gasteiger partial charge in [-0.3, -0.25) is 19.6 Å². The second-order valence-corrected chi connectivity index (χ2v) is 4.12. The fraction of sp³-hybridized carbons (Fsp3) is 0.375. The first kappa shape index (κ1) is 12.1. The zero-order valence-electron chi connectivity index (χ0n) is 8.32. The van der Waals surface area contributed by atoms with Gasteiger partial charge in [-0.15, -0.1) is 0 Å². The Morgan fingerprint density at radius 3 is 2.87 bits per heavy atom. The fourth-order valence-corrected chi connectivity index (χ4v) is 1.47. The summed E-state index contributed by atoms with van der Waals surface area (Å²) < 4.78 is 1.75. The summed E-state index contributed by atoms with van der Waals surface area (Å²) in [4.78, 5) is 27.0. The minimum absolute atomic E-state index is 0.237. The fourth-order valence-electron chi connectivity index (χ4n) is 1.05. The summed E-state index contributed by atoms with van der Waals surface area (Å²) in [6, 6.07) is -0.663. The Hall–Kier alpha value is -0.960. The molecule has 1 rings (SSSR count). The summed E-state index contributed by atoms with van der Waals surface area (Å²) in [6.07, 6.45) is 1.35. The molecule has 0 fully saturated rings. The molecule has 0 aromatic carbocycles. The average molecular weight is 322 g/mol. The van der Waals surface area contributed by atoms with Crippen LogP contribution in [0.2, 0.25) is 0 Å². The van der Waals surface area contributed by atoms with Crippen LogP contribution in [0.15, 0.2) is 11.1 Å². The lowest BCUT2D eigenvalue weighted by Gasteiger charge is -2.13. The van der Waals surface area contributed by atoms with Crippen molar-refractivity contribution in [3.8, 4) is 0 Å². The minimum atomic E-state index is -0.663. The van der Waals surface area contributed by atoms with Crippen molar-refractivity contribution in [2.75, 3.05) is 0 Å². The Labute approximate surface area is 100.0 Å². The van der Waals surface area contributed by atoms with Crippen LogP contribution in [0.5, 0.6) is 0 Å². The van der Waals surface area contributed by atoms with E-state index in [1.54, 1.807) is 13.8 Å². The highest BCUT2D eigenvalue weighted by Crippen LogP contribution is 2.05. The quantitative estimate of drug-likeness (QED) is 0.339. The van der Waals surface area contributed by atoms with E-state index in [4.69, 9.17) is 5.84 Å². The number of aromatic nitrogens is 2. The number of nitrogens with two attached hydrogens (primary N) is 1. The molecule has 1 aromatic heterocycles. The summed E-state index contributed by atoms with van der Waals surface area (Å²) in [5.74, 6) is 4.56. The van der Waals surface area contributed by atoms with Crippen molar-refractivity contribution in [3.63, 3.8) is 0 Å². The first-order valence-corrected chi connectivity index (χ1v) is 5.30. The maximum atomic E-state index is 11.7. The normalized spacial score (nSPS) is 12.3. The molecule has 0 aliphatic heterocycles. The molecule has 6 nitrogen and oxygen atoms in total. The molecule has 15 heavy (non-hydrogen) atoms. The zero-order valence-corrected chi connectivity index (χ0v) is 10.5. The third-order valence-electron chi connectivity index (χ3n) is 2.05. The molecule has 0 radical (unpaired) electrons. The highest BCUT2D eigenvalue weighted by Gasteiger charge is 2.16. The number of carbonyl (C=O) groups excluding carboxylic acids is 1. The monoisotopic (exact) mass is 322 g/mol. The van der Waals surface area contributed by atoms with E-state index < -0.39 is 11.9 Å². The van der Waals surface area contributed by atoms with Gasteiger partial charge in [-0.05, 0) is 36.4 Å². The number of nitrogens with one attached hydrogen (secondary N) is 1. The SMILES string of the molecule is Cc1ncn(C(C)C(=O)NN)c(=O)c1I. The van der Waals surface area contributed by atoms with Crippen LogP contribution in [0.25, 0.3) is 0 Å². The van der Waals surface area contributed by atoms with Gasteiger partial charge in [-0.25, -0.2) is 10.8 Å². The third kappa shape index (κ3) is 2.34. The Kier molecular flexibility index (Phi) is 3.80. The molecular weight excluding hydrogens is 311 g/mol. The summed E-state index contributed by atoms with van der Waals surface area (Å²) in [7, 11) is 0. The molecule has 82 valence electrons. The van der Waals surface area contributed by atoms with Crippen LogP contribution in [0.1, 0.15) is 18.7 Å². The van der Waals surface area contributed by atoms with E-state index in [1.807, 2.05) is 28.0 Å². The van der Waals surface area contributed by atoms with Gasteiger partial charge in [0.05, 0.1) is 15.6 Å². The number of rotatable bonds is 2. The summed E-state index contributed by atoms with van der Waals surface area (Å²) in [5, 5.41) is 0. The van der Waals surface area contributed by atoms with Gasteiger partial charge in [-0.1, -0.05) is 0 Å². The van der Waals surface area contributed by atoms with Crippen LogP contribution in [0.4, 0.5) is 0 Å². The topological polar surface area (TPSA) is 90.0 Å². The zero-order chi connectivity index (χ0) is 11.6. The standard InChI is InChI=1S/C8H11IN4O2/c1-4-6(9)8(15)13(3-11-4)5(2)7(14)12-10/h3,5H,10H2,1-2H3,(H,12,14). The van der Waals surface area contributed by atoms with Crippen LogP contribution in [-0.4, -0.2) is 15.5 Å². The first-order valence-electron chi connectivity index (χ1n) is 4.22. The molecule has 1 amide bonds. The van der Waals surface area contributed by atoms with Crippen LogP contribution < -0.4 is 16.8 Å². The van der Waals surface area contributed by atoms with Gasteiger partial charge in [0, 0.05) is 0 Å². The number of nitrogens with zero attached hydrogens (tertiary/aromatic N) is 2. The molecule has 1 atom stereocenters. The Balaban J connectivity index is 3.22. The number of hydrogen-bond acceptors (Lipinski definition) is 4. The Bertz CT molecular complexity index is 443. The third-order valence-corrected chi connectivity index (χ3v) is 3.30. The smallest absolute Gasteiger partial charge is 0.267 e. The van der Waals surface area contributed by atoms with Crippen molar-refractivity contribution >= 4 is 28.5 Å². The number of halogens is 1. The average Bonchev–Trinajstić information content (AvgIpc) is 2.24. The van der Waals surface area contributed by atoms with E-state index in [0.29, 0.717) is 9.26 Å². The van der Waals surface area contributed by atoms with E-state index >= 15 is 0 Å². The molecule has 0 saturated heterocycles. The van der Waals surface area contributed by atoms with Crippen molar-refractivity contribution in [2.24, 2.45) is 5.84 Å². The lowest BCUT2D eigenvalue weighted by Crippen LogP contribution is -2.40. The second kappa shape index (κ2) is 4.71. The van der Waals surface area contributed by atoms with Crippen molar-refractivity contribution in [2.45, 2.75) is 19.9 Å². The number of hydrazine groups is 1. The first-order chi connectivity index (χ1) is 6.99. The van der Waals surface area contributed by atoms with Crippen molar-refractivity contribution in [3.05, 3.63) is 25.9 Å². The molecule has 0 spiro atoms. The van der Waals surface area contributed by atoms with Crippen molar-refractivity contribution < 1.29 is 4.79 Å². The molecule has 0 aliphatic carbocycles. The predicted octanol–water partition coefficient (Wildman–Crippen LogP) is -0.293. The molecule has 1 aromatic rings. The van der Waals surface area contributed by atoms with E-state index in [1.165, 1.54) is 10.9 Å². The van der Waals surface area contributed by atoms with E-state index in [0.717, 1.165) is 0 Å². The van der Waals surface area contributed by atoms with Gasteiger partial charge >= 0.3 is 0 Å². The van der Waals surface area contributed by atoms with Gasteiger partial charge < -0.3 is 0 Å². The van der Waals surface area contributed by atoms with E-state index in [9.17, 15) is 9.59 Å². The summed E-state index contributed by atoms with van der Waals surface area (Å²) in [6.45, 7) is 3.32. The summed E-state index contributed by atoms with van der Waals surface area (Å²) >= 11 is 1.90. The highest BCUT2D eigenvalue weighted by molar-refractivity contribution is 14.1. The summed E-state index contributed by atoms with van der Waals surface area (Å²) in [5.41, 5.74) is 2.41. The maximum absolute atomic E-state index is 11.7. The second-order valence-electron chi connectivity index (χ2n) is 3.04. The minimum Gasteiger partial charge on any atom is -0.292 e. The number of amides is 1. The molecule has 1 heterocycles. The Morgan fingerprint density at radius 2 is 2.33 bits per heavy atom. The van der Waals surface area contributed by atoms with Crippen molar-refractivity contribution in [1.82, 2.24) is 15.0 Å². The molecule has 0 aliphatic rings. The predicted molar refractivity (Wildman–Crippen MR) is 63.0 cm³/mol. The van der Waals surface area contributed by atoms with Gasteiger partial charge in [0.1, 0.15) is 6.04 Å². The number of hydrogen-bond donors (Lipinski definition) is 2. The molecule has 0 saturated carbocycles. The van der Waals surface area contributed by atoms with Crippen molar-refractivity contribution in [1.29, 1.82) is 0 Å². The van der Waals surface area contributed by atoms with E-state index in [-0.39, 0.29) is 5.56 Å². The van der Waals surface area contributed by atoms with Crippen LogP contribution in [0.3, 0.4) is 0 Å². The van der Waals surface area contributed by atoms with Crippen LogP contribution in [-0.2, 0) is 4.79 Å². The van der Waals surface area contributed by atoms with Crippen LogP contribution >= 0.6 is 22.6 Å². The van der Waals surface area contributed by atoms with E-state index in [2.05, 4.69) is 4.98 Å². The number of aryl methyl sites for hydroxylation is 1. The lowest BCUT2D eigenvalue weighted by atomic mass is 10.3. The molecular formula is C8H11IN4O2. The molecule has 1 unspecified atom stereocenters.